The molecule has 126 valence electrons. The molecular weight excluding hydrogens is 381 g/mol. The standard InChI is InChI=1S/C17H15BrFNO4/c1-11(24-15-7-5-12(18)6-8-15)17(22)23-10-16(21)20-14-4-2-3-13(19)9-14/h2-9,11H,10H2,1H3,(H,20,21)/t11-/m1/s1. The normalized spacial score (nSPS) is 11.5. The minimum Gasteiger partial charge on any atom is -0.479 e. The van der Waals surface area contributed by atoms with Crippen LogP contribution < -0.4 is 10.1 Å². The highest BCUT2D eigenvalue weighted by atomic mass is 79.9. The van der Waals surface area contributed by atoms with E-state index in [2.05, 4.69) is 21.2 Å². The molecule has 0 saturated heterocycles. The number of amides is 1. The van der Waals surface area contributed by atoms with Gasteiger partial charge in [-0.05, 0) is 49.4 Å². The average molecular weight is 396 g/mol. The van der Waals surface area contributed by atoms with Crippen molar-refractivity contribution in [3.8, 4) is 5.75 Å². The summed E-state index contributed by atoms with van der Waals surface area (Å²) in [6.07, 6.45) is -0.867. The predicted molar refractivity (Wildman–Crippen MR) is 90.2 cm³/mol. The van der Waals surface area contributed by atoms with Gasteiger partial charge in [-0.3, -0.25) is 4.79 Å². The van der Waals surface area contributed by atoms with Crippen molar-refractivity contribution in [3.63, 3.8) is 0 Å². The summed E-state index contributed by atoms with van der Waals surface area (Å²) in [4.78, 5) is 23.5. The molecular formula is C17H15BrFNO4. The zero-order chi connectivity index (χ0) is 17.5. The van der Waals surface area contributed by atoms with Crippen LogP contribution in [0.4, 0.5) is 10.1 Å². The van der Waals surface area contributed by atoms with Crippen LogP contribution in [0.2, 0.25) is 0 Å². The number of anilines is 1. The number of nitrogens with one attached hydrogen (secondary N) is 1. The summed E-state index contributed by atoms with van der Waals surface area (Å²) in [5, 5.41) is 2.43. The summed E-state index contributed by atoms with van der Waals surface area (Å²) in [5.74, 6) is -1.20. The van der Waals surface area contributed by atoms with Crippen LogP contribution in [0.3, 0.4) is 0 Å². The molecule has 7 heteroatoms. The summed E-state index contributed by atoms with van der Waals surface area (Å²) >= 11 is 3.30. The third kappa shape index (κ3) is 5.66. The molecule has 0 bridgehead atoms. The fraction of sp³-hybridized carbons (Fsp3) is 0.176. The second kappa shape index (κ2) is 8.44. The van der Waals surface area contributed by atoms with Gasteiger partial charge in [-0.15, -0.1) is 0 Å². The number of halogens is 2. The fourth-order valence-corrected chi connectivity index (χ4v) is 2.05. The Labute approximate surface area is 146 Å². The van der Waals surface area contributed by atoms with E-state index in [0.717, 1.165) is 4.47 Å². The Hall–Kier alpha value is -2.41. The van der Waals surface area contributed by atoms with E-state index in [1.54, 1.807) is 24.3 Å². The number of carbonyl (C=O) groups excluding carboxylic acids is 2. The quantitative estimate of drug-likeness (QED) is 0.759. The molecule has 0 unspecified atom stereocenters. The average Bonchev–Trinajstić information content (AvgIpc) is 2.54. The molecule has 0 aliphatic carbocycles. The third-order valence-electron chi connectivity index (χ3n) is 2.91. The first-order valence-electron chi connectivity index (χ1n) is 7.08. The van der Waals surface area contributed by atoms with Crippen molar-refractivity contribution in [3.05, 3.63) is 58.8 Å². The van der Waals surface area contributed by atoms with Crippen LogP contribution in [0, 0.1) is 5.82 Å². The molecule has 0 heterocycles. The van der Waals surface area contributed by atoms with Crippen LogP contribution in [0.1, 0.15) is 6.92 Å². The van der Waals surface area contributed by atoms with Crippen LogP contribution in [0.5, 0.6) is 5.75 Å². The lowest BCUT2D eigenvalue weighted by atomic mass is 10.3. The number of hydrogen-bond donors (Lipinski definition) is 1. The third-order valence-corrected chi connectivity index (χ3v) is 3.44. The number of hydrogen-bond acceptors (Lipinski definition) is 4. The molecule has 0 radical (unpaired) electrons. The second-order valence-electron chi connectivity index (χ2n) is 4.88. The van der Waals surface area contributed by atoms with Crippen LogP contribution in [0.15, 0.2) is 53.0 Å². The summed E-state index contributed by atoms with van der Waals surface area (Å²) in [6, 6.07) is 12.4. The molecule has 0 aliphatic heterocycles. The Morgan fingerprint density at radius 3 is 2.58 bits per heavy atom. The highest BCUT2D eigenvalue weighted by molar-refractivity contribution is 9.10. The minimum atomic E-state index is -0.867. The van der Waals surface area contributed by atoms with Crippen LogP contribution >= 0.6 is 15.9 Å². The number of benzene rings is 2. The van der Waals surface area contributed by atoms with Crippen LogP contribution in [-0.2, 0) is 14.3 Å². The van der Waals surface area contributed by atoms with Crippen molar-refractivity contribution in [1.82, 2.24) is 0 Å². The van der Waals surface area contributed by atoms with Crippen molar-refractivity contribution in [2.75, 3.05) is 11.9 Å². The van der Waals surface area contributed by atoms with E-state index >= 15 is 0 Å². The maximum absolute atomic E-state index is 13.0. The fourth-order valence-electron chi connectivity index (χ4n) is 1.78. The van der Waals surface area contributed by atoms with Gasteiger partial charge in [0.15, 0.2) is 12.7 Å². The molecule has 0 saturated carbocycles. The molecule has 2 rings (SSSR count). The lowest BCUT2D eigenvalue weighted by Gasteiger charge is -2.14. The molecule has 5 nitrogen and oxygen atoms in total. The van der Waals surface area contributed by atoms with E-state index in [1.165, 1.54) is 31.2 Å². The molecule has 0 fully saturated rings. The molecule has 1 N–H and O–H groups in total. The topological polar surface area (TPSA) is 64.6 Å². The Morgan fingerprint density at radius 1 is 1.21 bits per heavy atom. The molecule has 0 aromatic heterocycles. The van der Waals surface area contributed by atoms with E-state index in [9.17, 15) is 14.0 Å². The van der Waals surface area contributed by atoms with Gasteiger partial charge in [0.1, 0.15) is 11.6 Å². The molecule has 24 heavy (non-hydrogen) atoms. The number of carbonyl (C=O) groups is 2. The van der Waals surface area contributed by atoms with Crippen LogP contribution in [-0.4, -0.2) is 24.6 Å². The van der Waals surface area contributed by atoms with Gasteiger partial charge in [-0.2, -0.15) is 0 Å². The van der Waals surface area contributed by atoms with Crippen molar-refractivity contribution < 1.29 is 23.5 Å². The van der Waals surface area contributed by atoms with E-state index in [0.29, 0.717) is 5.75 Å². The first-order valence-corrected chi connectivity index (χ1v) is 7.87. The zero-order valence-electron chi connectivity index (χ0n) is 12.8. The first kappa shape index (κ1) is 17.9. The number of ether oxygens (including phenoxy) is 2. The number of rotatable bonds is 6. The molecule has 0 spiro atoms. The SMILES string of the molecule is C[C@@H](Oc1ccc(Br)cc1)C(=O)OCC(=O)Nc1cccc(F)c1. The zero-order valence-corrected chi connectivity index (χ0v) is 14.4. The summed E-state index contributed by atoms with van der Waals surface area (Å²) in [7, 11) is 0. The van der Waals surface area contributed by atoms with Crippen molar-refractivity contribution in [2.24, 2.45) is 0 Å². The first-order chi connectivity index (χ1) is 11.4. The van der Waals surface area contributed by atoms with Crippen molar-refractivity contribution in [1.29, 1.82) is 0 Å². The van der Waals surface area contributed by atoms with Gasteiger partial charge in [-0.1, -0.05) is 22.0 Å². The lowest BCUT2D eigenvalue weighted by molar-refractivity contribution is -0.153. The van der Waals surface area contributed by atoms with Crippen molar-refractivity contribution in [2.45, 2.75) is 13.0 Å². The smallest absolute Gasteiger partial charge is 0.347 e. The summed E-state index contributed by atoms with van der Waals surface area (Å²) in [6.45, 7) is 1.04. The highest BCUT2D eigenvalue weighted by Crippen LogP contribution is 2.17. The van der Waals surface area contributed by atoms with Gasteiger partial charge in [0.25, 0.3) is 5.91 Å². The predicted octanol–water partition coefficient (Wildman–Crippen LogP) is 3.54. The monoisotopic (exact) mass is 395 g/mol. The van der Waals surface area contributed by atoms with Gasteiger partial charge in [0, 0.05) is 10.2 Å². The largest absolute Gasteiger partial charge is 0.479 e. The Bertz CT molecular complexity index is 721. The van der Waals surface area contributed by atoms with E-state index in [-0.39, 0.29) is 5.69 Å². The second-order valence-corrected chi connectivity index (χ2v) is 5.80. The van der Waals surface area contributed by atoms with E-state index in [1.807, 2.05) is 0 Å². The molecule has 0 aliphatic rings. The molecule has 2 aromatic carbocycles. The highest BCUT2D eigenvalue weighted by Gasteiger charge is 2.18. The Balaban J connectivity index is 1.79. The molecule has 1 atom stereocenters. The van der Waals surface area contributed by atoms with Gasteiger partial charge in [0.2, 0.25) is 0 Å². The van der Waals surface area contributed by atoms with E-state index in [4.69, 9.17) is 9.47 Å². The van der Waals surface area contributed by atoms with E-state index < -0.39 is 30.4 Å². The maximum atomic E-state index is 13.0. The summed E-state index contributed by atoms with van der Waals surface area (Å²) in [5.41, 5.74) is 0.287. The van der Waals surface area contributed by atoms with Gasteiger partial charge in [0.05, 0.1) is 0 Å². The minimum absolute atomic E-state index is 0.287. The van der Waals surface area contributed by atoms with Crippen molar-refractivity contribution >= 4 is 33.5 Å². The Kier molecular flexibility index (Phi) is 6.31. The summed E-state index contributed by atoms with van der Waals surface area (Å²) < 4.78 is 24.2. The lowest BCUT2D eigenvalue weighted by Crippen LogP contribution is -2.29. The molecule has 1 amide bonds. The molecule has 2 aromatic rings. The Morgan fingerprint density at radius 2 is 1.92 bits per heavy atom. The van der Waals surface area contributed by atoms with Gasteiger partial charge in [-0.25, -0.2) is 9.18 Å². The van der Waals surface area contributed by atoms with Crippen LogP contribution in [0.25, 0.3) is 0 Å². The number of esters is 1. The van der Waals surface area contributed by atoms with Gasteiger partial charge < -0.3 is 14.8 Å². The van der Waals surface area contributed by atoms with Gasteiger partial charge >= 0.3 is 5.97 Å². The maximum Gasteiger partial charge on any atom is 0.347 e.